The van der Waals surface area contributed by atoms with Crippen LogP contribution in [0.1, 0.15) is 51.4 Å². The summed E-state index contributed by atoms with van der Waals surface area (Å²) in [4.78, 5) is 2.86. The van der Waals surface area contributed by atoms with Gasteiger partial charge in [-0.15, -0.1) is 11.3 Å². The highest BCUT2D eigenvalue weighted by atomic mass is 32.1. The van der Waals surface area contributed by atoms with Crippen LogP contribution >= 0.6 is 11.3 Å². The molecule has 0 aliphatic heterocycles. The molecule has 0 fully saturated rings. The number of hydrogen-bond acceptors (Lipinski definition) is 1. The van der Waals surface area contributed by atoms with E-state index in [1.165, 1.54) is 48.7 Å². The van der Waals surface area contributed by atoms with Crippen molar-refractivity contribution in [3.63, 3.8) is 0 Å². The molecule has 0 saturated carbocycles. The largest absolute Gasteiger partial charge is 0.146 e. The summed E-state index contributed by atoms with van der Waals surface area (Å²) in [7, 11) is 0. The van der Waals surface area contributed by atoms with Crippen LogP contribution in [0.25, 0.3) is 11.1 Å². The third-order valence-electron chi connectivity index (χ3n) is 5.28. The lowest BCUT2D eigenvalue weighted by Crippen LogP contribution is -2.15. The zero-order valence-corrected chi connectivity index (χ0v) is 17.3. The molecule has 0 spiro atoms. The Balaban J connectivity index is 0.000000192. The quantitative estimate of drug-likeness (QED) is 0.400. The van der Waals surface area contributed by atoms with E-state index in [2.05, 4.69) is 90.9 Å². The van der Waals surface area contributed by atoms with Crippen LogP contribution in [0.4, 0.5) is 0 Å². The Morgan fingerprint density at radius 1 is 0.680 bits per heavy atom. The van der Waals surface area contributed by atoms with Crippen molar-refractivity contribution in [3.8, 4) is 11.1 Å². The van der Waals surface area contributed by atoms with Crippen LogP contribution < -0.4 is 0 Å². The van der Waals surface area contributed by atoms with Gasteiger partial charge in [-0.1, -0.05) is 61.4 Å². The maximum absolute atomic E-state index is 2.34. The second-order valence-corrected chi connectivity index (χ2v) is 9.28. The van der Waals surface area contributed by atoms with E-state index in [1.807, 2.05) is 11.3 Å². The molecule has 1 heteroatoms. The molecule has 2 aromatic carbocycles. The molecule has 25 heavy (non-hydrogen) atoms. The van der Waals surface area contributed by atoms with Gasteiger partial charge in [-0.05, 0) is 68.5 Å². The number of aryl methyl sites for hydroxylation is 5. The Labute approximate surface area is 156 Å². The molecule has 0 nitrogen and oxygen atoms in total. The van der Waals surface area contributed by atoms with Crippen molar-refractivity contribution in [1.82, 2.24) is 0 Å². The summed E-state index contributed by atoms with van der Waals surface area (Å²) < 4.78 is 0. The van der Waals surface area contributed by atoms with Gasteiger partial charge >= 0.3 is 0 Å². The van der Waals surface area contributed by atoms with E-state index in [4.69, 9.17) is 0 Å². The van der Waals surface area contributed by atoms with Crippen molar-refractivity contribution in [2.24, 2.45) is 0 Å². The van der Waals surface area contributed by atoms with Gasteiger partial charge in [-0.2, -0.15) is 0 Å². The first-order valence-corrected chi connectivity index (χ1v) is 9.78. The molecule has 0 N–H and O–H groups in total. The van der Waals surface area contributed by atoms with Crippen molar-refractivity contribution < 1.29 is 0 Å². The summed E-state index contributed by atoms with van der Waals surface area (Å²) in [5.41, 5.74) is 10.0. The molecule has 1 aromatic heterocycles. The second-order valence-electron chi connectivity index (χ2n) is 7.82. The predicted octanol–water partition coefficient (Wildman–Crippen LogP) is 7.28. The molecule has 130 valence electrons. The smallest absolute Gasteiger partial charge is 0.0159 e. The van der Waals surface area contributed by atoms with Crippen molar-refractivity contribution in [3.05, 3.63) is 80.0 Å². The minimum absolute atomic E-state index is 0.142. The van der Waals surface area contributed by atoms with E-state index in [0.717, 1.165) is 0 Å². The molecule has 3 aromatic rings. The van der Waals surface area contributed by atoms with E-state index >= 15 is 0 Å². The number of fused-ring (bicyclic) bond motifs is 3. The maximum Gasteiger partial charge on any atom is 0.0159 e. The van der Waals surface area contributed by atoms with E-state index in [1.54, 1.807) is 0 Å². The van der Waals surface area contributed by atoms with E-state index in [-0.39, 0.29) is 5.41 Å². The average molecular weight is 349 g/mol. The predicted molar refractivity (Wildman–Crippen MR) is 112 cm³/mol. The minimum atomic E-state index is 0.142. The SMILES string of the molecule is Cc1cc(C)c(C)s1.Cc1ccc2c(c1)C(C)(C)c1cc(C)ccc1-2. The number of hydrogen-bond donors (Lipinski definition) is 0. The Kier molecular flexibility index (Phi) is 4.64. The normalized spacial score (nSPS) is 13.7. The highest BCUT2D eigenvalue weighted by Gasteiger charge is 2.35. The Hall–Kier alpha value is -1.86. The number of benzene rings is 2. The lowest BCUT2D eigenvalue weighted by molar-refractivity contribution is 0.659. The van der Waals surface area contributed by atoms with E-state index in [9.17, 15) is 0 Å². The van der Waals surface area contributed by atoms with Crippen LogP contribution in [-0.4, -0.2) is 0 Å². The average Bonchev–Trinajstić information content (AvgIpc) is 2.94. The Bertz CT molecular complexity index is 852. The summed E-state index contributed by atoms with van der Waals surface area (Å²) in [5.74, 6) is 0. The van der Waals surface area contributed by atoms with Crippen molar-refractivity contribution >= 4 is 11.3 Å². The Morgan fingerprint density at radius 2 is 1.16 bits per heavy atom. The molecule has 1 aliphatic carbocycles. The van der Waals surface area contributed by atoms with Crippen molar-refractivity contribution in [2.75, 3.05) is 0 Å². The zero-order chi connectivity index (χ0) is 18.4. The van der Waals surface area contributed by atoms with Gasteiger partial charge in [-0.3, -0.25) is 0 Å². The molecule has 1 aliphatic rings. The summed E-state index contributed by atoms with van der Waals surface area (Å²) >= 11 is 1.87. The van der Waals surface area contributed by atoms with E-state index in [0.29, 0.717) is 0 Å². The van der Waals surface area contributed by atoms with Crippen LogP contribution in [0.15, 0.2) is 42.5 Å². The topological polar surface area (TPSA) is 0 Å². The molecule has 4 rings (SSSR count). The van der Waals surface area contributed by atoms with Crippen LogP contribution in [0.5, 0.6) is 0 Å². The monoisotopic (exact) mass is 348 g/mol. The molecule has 0 saturated heterocycles. The first-order valence-electron chi connectivity index (χ1n) is 8.96. The molecule has 0 atom stereocenters. The van der Waals surface area contributed by atoms with Gasteiger partial charge in [-0.25, -0.2) is 0 Å². The third kappa shape index (κ3) is 3.30. The van der Waals surface area contributed by atoms with Crippen LogP contribution in [0.2, 0.25) is 0 Å². The lowest BCUT2D eigenvalue weighted by atomic mass is 9.81. The van der Waals surface area contributed by atoms with Crippen molar-refractivity contribution in [1.29, 1.82) is 0 Å². The van der Waals surface area contributed by atoms with Gasteiger partial charge in [0.2, 0.25) is 0 Å². The minimum Gasteiger partial charge on any atom is -0.146 e. The molecule has 0 bridgehead atoms. The number of rotatable bonds is 0. The summed E-state index contributed by atoms with van der Waals surface area (Å²) in [6.45, 7) is 15.5. The molecular formula is C24H28S. The molecule has 0 radical (unpaired) electrons. The van der Waals surface area contributed by atoms with Gasteiger partial charge in [0.25, 0.3) is 0 Å². The molecule has 0 amide bonds. The van der Waals surface area contributed by atoms with Gasteiger partial charge in [0.1, 0.15) is 0 Å². The highest BCUT2D eigenvalue weighted by molar-refractivity contribution is 7.12. The summed E-state index contributed by atoms with van der Waals surface area (Å²) in [5, 5.41) is 0. The highest BCUT2D eigenvalue weighted by Crippen LogP contribution is 2.48. The fourth-order valence-corrected chi connectivity index (χ4v) is 4.66. The van der Waals surface area contributed by atoms with Gasteiger partial charge in [0.15, 0.2) is 0 Å². The lowest BCUT2D eigenvalue weighted by Gasteiger charge is -2.22. The first-order chi connectivity index (χ1) is 11.7. The van der Waals surface area contributed by atoms with Gasteiger partial charge in [0, 0.05) is 15.2 Å². The van der Waals surface area contributed by atoms with Crippen LogP contribution in [-0.2, 0) is 5.41 Å². The second kappa shape index (κ2) is 6.46. The van der Waals surface area contributed by atoms with Gasteiger partial charge < -0.3 is 0 Å². The van der Waals surface area contributed by atoms with Crippen LogP contribution in [0.3, 0.4) is 0 Å². The number of thiophene rings is 1. The van der Waals surface area contributed by atoms with Gasteiger partial charge in [0.05, 0.1) is 0 Å². The third-order valence-corrected chi connectivity index (χ3v) is 6.34. The fourth-order valence-electron chi connectivity index (χ4n) is 3.72. The molecule has 0 unspecified atom stereocenters. The van der Waals surface area contributed by atoms with E-state index < -0.39 is 0 Å². The summed E-state index contributed by atoms with van der Waals surface area (Å²) in [6, 6.07) is 15.9. The first kappa shape index (κ1) is 17.9. The zero-order valence-electron chi connectivity index (χ0n) is 16.4. The fraction of sp³-hybridized carbons (Fsp3) is 0.333. The van der Waals surface area contributed by atoms with Crippen molar-refractivity contribution in [2.45, 2.75) is 53.9 Å². The van der Waals surface area contributed by atoms with Crippen LogP contribution in [0, 0.1) is 34.6 Å². The molecule has 1 heterocycles. The maximum atomic E-state index is 2.34. The standard InChI is InChI=1S/C17H18.C7H10S/c1-11-5-7-13-14-8-6-12(2)10-16(14)17(3,4)15(13)9-11;1-5-4-6(2)8-7(5)3/h5-10H,1-4H3;4H,1-3H3. The Morgan fingerprint density at radius 3 is 1.48 bits per heavy atom. The molecular weight excluding hydrogens is 320 g/mol. The summed E-state index contributed by atoms with van der Waals surface area (Å²) in [6.07, 6.45) is 0.